The zero-order valence-electron chi connectivity index (χ0n) is 11.7. The lowest BCUT2D eigenvalue weighted by Crippen LogP contribution is -2.38. The van der Waals surface area contributed by atoms with Crippen molar-refractivity contribution in [3.8, 4) is 16.5 Å². The Balaban J connectivity index is 1.64. The quantitative estimate of drug-likeness (QED) is 0.726. The summed E-state index contributed by atoms with van der Waals surface area (Å²) in [6.45, 7) is 0.147. The summed E-state index contributed by atoms with van der Waals surface area (Å²) in [5.74, 6) is 1.29. The summed E-state index contributed by atoms with van der Waals surface area (Å²) in [5, 5.41) is 6.42. The van der Waals surface area contributed by atoms with Crippen molar-refractivity contribution >= 4 is 34.5 Å². The highest BCUT2D eigenvalue weighted by Gasteiger charge is 2.27. The molecule has 1 aromatic carbocycles. The minimum absolute atomic E-state index is 0.0272. The van der Waals surface area contributed by atoms with Crippen molar-refractivity contribution in [1.82, 2.24) is 10.1 Å². The third-order valence-corrected chi connectivity index (χ3v) is 4.47. The lowest BCUT2D eigenvalue weighted by molar-refractivity contribution is -0.121. The van der Waals surface area contributed by atoms with E-state index in [0.717, 1.165) is 4.88 Å². The second kappa shape index (κ2) is 5.68. The van der Waals surface area contributed by atoms with Crippen molar-refractivity contribution in [3.63, 3.8) is 0 Å². The van der Waals surface area contributed by atoms with Crippen molar-refractivity contribution < 1.29 is 14.1 Å². The van der Waals surface area contributed by atoms with Crippen molar-refractivity contribution in [2.24, 2.45) is 0 Å². The monoisotopic (exact) mass is 347 g/mol. The van der Waals surface area contributed by atoms with E-state index in [0.29, 0.717) is 28.2 Å². The number of aromatic nitrogens is 2. The van der Waals surface area contributed by atoms with Gasteiger partial charge in [-0.15, -0.1) is 11.3 Å². The molecule has 0 N–H and O–H groups in total. The van der Waals surface area contributed by atoms with Gasteiger partial charge in [0.1, 0.15) is 12.3 Å². The Labute approximate surface area is 140 Å². The van der Waals surface area contributed by atoms with Gasteiger partial charge >= 0.3 is 0 Å². The van der Waals surface area contributed by atoms with E-state index < -0.39 is 0 Å². The third-order valence-electron chi connectivity index (χ3n) is 3.37. The van der Waals surface area contributed by atoms with Gasteiger partial charge in [0.05, 0.1) is 10.6 Å². The molecule has 6 nitrogen and oxygen atoms in total. The highest BCUT2D eigenvalue weighted by molar-refractivity contribution is 7.13. The normalized spacial score (nSPS) is 13.8. The average molecular weight is 348 g/mol. The van der Waals surface area contributed by atoms with Crippen LogP contribution in [0, 0.1) is 0 Å². The van der Waals surface area contributed by atoms with Crippen molar-refractivity contribution in [2.75, 3.05) is 11.5 Å². The fraction of sp³-hybridized carbons (Fsp3) is 0.133. The molecule has 0 saturated heterocycles. The van der Waals surface area contributed by atoms with E-state index in [2.05, 4.69) is 10.1 Å². The number of hydrogen-bond donors (Lipinski definition) is 0. The number of carbonyl (C=O) groups is 1. The molecule has 0 radical (unpaired) electrons. The van der Waals surface area contributed by atoms with Crippen molar-refractivity contribution in [1.29, 1.82) is 0 Å². The van der Waals surface area contributed by atoms with Crippen LogP contribution in [0.25, 0.3) is 10.7 Å². The van der Waals surface area contributed by atoms with Crippen LogP contribution in [-0.2, 0) is 11.3 Å². The molecule has 1 amide bonds. The van der Waals surface area contributed by atoms with E-state index in [1.54, 1.807) is 18.2 Å². The zero-order chi connectivity index (χ0) is 15.8. The lowest BCUT2D eigenvalue weighted by Gasteiger charge is -2.28. The molecule has 3 aromatic rings. The summed E-state index contributed by atoms with van der Waals surface area (Å²) < 4.78 is 10.7. The Hall–Kier alpha value is -2.38. The van der Waals surface area contributed by atoms with E-state index in [4.69, 9.17) is 20.9 Å². The highest BCUT2D eigenvalue weighted by atomic mass is 35.5. The van der Waals surface area contributed by atoms with Crippen LogP contribution in [0.3, 0.4) is 0 Å². The second-order valence-corrected chi connectivity index (χ2v) is 6.25. The third kappa shape index (κ3) is 2.69. The van der Waals surface area contributed by atoms with Gasteiger partial charge in [0.15, 0.2) is 6.61 Å². The van der Waals surface area contributed by atoms with Crippen molar-refractivity contribution in [2.45, 2.75) is 6.54 Å². The SMILES string of the molecule is O=C1COc2ccc(Cl)cc2N1Cc1nc(-c2cccs2)no1. The first kappa shape index (κ1) is 14.2. The number of amides is 1. The zero-order valence-corrected chi connectivity index (χ0v) is 13.3. The molecule has 8 heteroatoms. The Morgan fingerprint density at radius 2 is 2.26 bits per heavy atom. The smallest absolute Gasteiger partial charge is 0.265 e. The van der Waals surface area contributed by atoms with E-state index in [9.17, 15) is 4.79 Å². The first-order valence-electron chi connectivity index (χ1n) is 6.80. The maximum absolute atomic E-state index is 12.2. The fourth-order valence-corrected chi connectivity index (χ4v) is 3.12. The maximum atomic E-state index is 12.2. The summed E-state index contributed by atoms with van der Waals surface area (Å²) in [4.78, 5) is 19.0. The first-order valence-corrected chi connectivity index (χ1v) is 8.05. The number of rotatable bonds is 3. The molecule has 23 heavy (non-hydrogen) atoms. The van der Waals surface area contributed by atoms with Crippen LogP contribution in [0.15, 0.2) is 40.2 Å². The number of thiophene rings is 1. The molecule has 4 rings (SSSR count). The Bertz CT molecular complexity index is 863. The Morgan fingerprint density at radius 1 is 1.35 bits per heavy atom. The van der Waals surface area contributed by atoms with Crippen LogP contribution < -0.4 is 9.64 Å². The van der Waals surface area contributed by atoms with Crippen LogP contribution >= 0.6 is 22.9 Å². The van der Waals surface area contributed by atoms with E-state index >= 15 is 0 Å². The molecule has 0 bridgehead atoms. The second-order valence-electron chi connectivity index (χ2n) is 4.87. The number of benzene rings is 1. The molecular formula is C15H10ClN3O3S. The molecule has 0 unspecified atom stereocenters. The van der Waals surface area contributed by atoms with Gasteiger partial charge in [-0.25, -0.2) is 0 Å². The summed E-state index contributed by atoms with van der Waals surface area (Å²) in [6, 6.07) is 8.97. The fourth-order valence-electron chi connectivity index (χ4n) is 2.31. The topological polar surface area (TPSA) is 68.5 Å². The summed E-state index contributed by atoms with van der Waals surface area (Å²) in [6.07, 6.45) is 0. The van der Waals surface area contributed by atoms with Gasteiger partial charge < -0.3 is 9.26 Å². The Morgan fingerprint density at radius 3 is 3.09 bits per heavy atom. The molecule has 1 aliphatic rings. The molecule has 0 atom stereocenters. The highest BCUT2D eigenvalue weighted by Crippen LogP contribution is 2.35. The van der Waals surface area contributed by atoms with Gasteiger partial charge in [0.25, 0.3) is 5.91 Å². The average Bonchev–Trinajstić information content (AvgIpc) is 3.21. The minimum Gasteiger partial charge on any atom is -0.482 e. The van der Waals surface area contributed by atoms with Gasteiger partial charge in [-0.2, -0.15) is 4.98 Å². The summed E-state index contributed by atoms with van der Waals surface area (Å²) in [7, 11) is 0. The predicted molar refractivity (Wildman–Crippen MR) is 85.7 cm³/mol. The number of ether oxygens (including phenoxy) is 1. The van der Waals surface area contributed by atoms with Crippen LogP contribution in [-0.4, -0.2) is 22.7 Å². The number of fused-ring (bicyclic) bond motifs is 1. The molecule has 0 fully saturated rings. The number of anilines is 1. The molecule has 116 valence electrons. The van der Waals surface area contributed by atoms with Gasteiger partial charge in [-0.1, -0.05) is 22.8 Å². The van der Waals surface area contributed by atoms with Gasteiger partial charge in [-0.3, -0.25) is 9.69 Å². The van der Waals surface area contributed by atoms with Crippen LogP contribution in [0.5, 0.6) is 5.75 Å². The minimum atomic E-state index is -0.185. The molecule has 3 heterocycles. The van der Waals surface area contributed by atoms with Crippen LogP contribution in [0.2, 0.25) is 5.02 Å². The number of nitrogens with zero attached hydrogens (tertiary/aromatic N) is 3. The Kier molecular flexibility index (Phi) is 3.51. The molecule has 1 aliphatic heterocycles. The number of hydrogen-bond acceptors (Lipinski definition) is 6. The van der Waals surface area contributed by atoms with Gasteiger partial charge in [0.2, 0.25) is 11.7 Å². The molecular weight excluding hydrogens is 338 g/mol. The van der Waals surface area contributed by atoms with E-state index in [-0.39, 0.29) is 19.1 Å². The summed E-state index contributed by atoms with van der Waals surface area (Å²) >= 11 is 7.54. The predicted octanol–water partition coefficient (Wildman–Crippen LogP) is 3.38. The molecule has 0 spiro atoms. The summed E-state index contributed by atoms with van der Waals surface area (Å²) in [5.41, 5.74) is 0.602. The largest absolute Gasteiger partial charge is 0.482 e. The van der Waals surface area contributed by atoms with Crippen LogP contribution in [0.1, 0.15) is 5.89 Å². The first-order chi connectivity index (χ1) is 11.2. The lowest BCUT2D eigenvalue weighted by atomic mass is 10.2. The molecule has 0 saturated carbocycles. The molecule has 2 aromatic heterocycles. The van der Waals surface area contributed by atoms with Gasteiger partial charge in [-0.05, 0) is 29.6 Å². The van der Waals surface area contributed by atoms with Crippen molar-refractivity contribution in [3.05, 3.63) is 46.6 Å². The van der Waals surface area contributed by atoms with E-state index in [1.165, 1.54) is 16.2 Å². The van der Waals surface area contributed by atoms with E-state index in [1.807, 2.05) is 17.5 Å². The van der Waals surface area contributed by atoms with Crippen LogP contribution in [0.4, 0.5) is 5.69 Å². The standard InChI is InChI=1S/C15H10ClN3O3S/c16-9-3-4-11-10(6-9)19(14(20)8-21-11)7-13-17-15(18-22-13)12-2-1-5-23-12/h1-6H,7-8H2. The number of carbonyl (C=O) groups excluding carboxylic acids is 1. The van der Waals surface area contributed by atoms with Gasteiger partial charge in [0, 0.05) is 5.02 Å². The number of halogens is 1. The molecule has 0 aliphatic carbocycles. The maximum Gasteiger partial charge on any atom is 0.265 e.